The molecule has 0 aliphatic heterocycles. The third-order valence-electron chi connectivity index (χ3n) is 1.69. The van der Waals surface area contributed by atoms with Crippen LogP contribution in [0.2, 0.25) is 5.02 Å². The molecular weight excluding hydrogens is 289 g/mol. The van der Waals surface area contributed by atoms with Crippen molar-refractivity contribution in [2.24, 2.45) is 5.73 Å². The predicted octanol–water partition coefficient (Wildman–Crippen LogP) is 3.26. The Bertz CT molecular complexity index is 357. The van der Waals surface area contributed by atoms with E-state index >= 15 is 0 Å². The number of alkyl halides is 1. The van der Waals surface area contributed by atoms with Gasteiger partial charge in [0.25, 0.3) is 0 Å². The molecule has 1 aromatic carbocycles. The highest BCUT2D eigenvalue weighted by Crippen LogP contribution is 2.30. The third-order valence-corrected chi connectivity index (χ3v) is 3.31. The van der Waals surface area contributed by atoms with E-state index in [1.165, 1.54) is 0 Å². The molecular formula is C9H8BrCl2NO. The molecule has 0 radical (unpaired) electrons. The van der Waals surface area contributed by atoms with Crippen LogP contribution in [0.15, 0.2) is 22.7 Å². The number of nitrogens with two attached hydrogens (primary N) is 1. The first-order valence-corrected chi connectivity index (χ1v) is 5.48. The van der Waals surface area contributed by atoms with Gasteiger partial charge in [-0.15, -0.1) is 11.6 Å². The van der Waals surface area contributed by atoms with Crippen LogP contribution in [-0.4, -0.2) is 5.91 Å². The highest BCUT2D eigenvalue weighted by atomic mass is 79.9. The Morgan fingerprint density at radius 2 is 2.21 bits per heavy atom. The van der Waals surface area contributed by atoms with Crippen LogP contribution in [0.3, 0.4) is 0 Å². The molecule has 0 heterocycles. The molecule has 0 spiro atoms. The fourth-order valence-corrected chi connectivity index (χ4v) is 1.80. The molecule has 1 aromatic rings. The molecule has 1 unspecified atom stereocenters. The number of carbonyl (C=O) groups excluding carboxylic acids is 1. The van der Waals surface area contributed by atoms with Gasteiger partial charge in [0.1, 0.15) is 0 Å². The Balaban J connectivity index is 2.85. The van der Waals surface area contributed by atoms with E-state index < -0.39 is 11.3 Å². The van der Waals surface area contributed by atoms with Gasteiger partial charge in [-0.3, -0.25) is 4.79 Å². The van der Waals surface area contributed by atoms with Crippen molar-refractivity contribution in [3.8, 4) is 0 Å². The van der Waals surface area contributed by atoms with Crippen molar-refractivity contribution in [3.05, 3.63) is 33.3 Å². The van der Waals surface area contributed by atoms with Crippen molar-refractivity contribution < 1.29 is 4.79 Å². The lowest BCUT2D eigenvalue weighted by atomic mass is 10.1. The Morgan fingerprint density at radius 1 is 1.57 bits per heavy atom. The van der Waals surface area contributed by atoms with Gasteiger partial charge in [-0.1, -0.05) is 17.7 Å². The van der Waals surface area contributed by atoms with Crippen molar-refractivity contribution in [1.29, 1.82) is 0 Å². The number of amides is 1. The van der Waals surface area contributed by atoms with Gasteiger partial charge in [-0.05, 0) is 33.6 Å². The zero-order chi connectivity index (χ0) is 10.7. The maximum atomic E-state index is 10.6. The van der Waals surface area contributed by atoms with Gasteiger partial charge in [0.05, 0.1) is 10.4 Å². The molecule has 0 saturated carbocycles. The largest absolute Gasteiger partial charge is 0.370 e. The van der Waals surface area contributed by atoms with Crippen molar-refractivity contribution in [2.75, 3.05) is 0 Å². The van der Waals surface area contributed by atoms with E-state index in [1.807, 2.05) is 0 Å². The van der Waals surface area contributed by atoms with E-state index in [0.29, 0.717) is 5.02 Å². The summed E-state index contributed by atoms with van der Waals surface area (Å²) in [7, 11) is 0. The number of rotatable bonds is 3. The molecule has 1 amide bonds. The molecule has 0 aliphatic rings. The second-order valence-electron chi connectivity index (χ2n) is 2.81. The molecule has 2 N–H and O–H groups in total. The molecule has 0 bridgehead atoms. The molecule has 5 heteroatoms. The smallest absolute Gasteiger partial charge is 0.219 e. The van der Waals surface area contributed by atoms with Gasteiger partial charge in [0.15, 0.2) is 0 Å². The Labute approximate surface area is 101 Å². The average Bonchev–Trinajstić information content (AvgIpc) is 2.08. The van der Waals surface area contributed by atoms with E-state index in [1.54, 1.807) is 18.2 Å². The summed E-state index contributed by atoms with van der Waals surface area (Å²) in [6.07, 6.45) is 0.121. The first-order valence-electron chi connectivity index (χ1n) is 3.88. The predicted molar refractivity (Wildman–Crippen MR) is 61.6 cm³/mol. The average molecular weight is 297 g/mol. The van der Waals surface area contributed by atoms with E-state index in [2.05, 4.69) is 15.9 Å². The van der Waals surface area contributed by atoms with Crippen LogP contribution in [0.1, 0.15) is 17.4 Å². The molecule has 0 aromatic heterocycles. The summed E-state index contributed by atoms with van der Waals surface area (Å²) in [4.78, 5) is 10.6. The Kier molecular flexibility index (Phi) is 4.23. The second-order valence-corrected chi connectivity index (χ2v) is 4.60. The summed E-state index contributed by atoms with van der Waals surface area (Å²) >= 11 is 15.0. The SMILES string of the molecule is NC(=O)CC(Cl)c1ccc(Cl)c(Br)c1. The first kappa shape index (κ1) is 11.8. The Morgan fingerprint density at radius 3 is 2.71 bits per heavy atom. The molecule has 0 saturated heterocycles. The van der Waals surface area contributed by atoms with Gasteiger partial charge in [-0.25, -0.2) is 0 Å². The van der Waals surface area contributed by atoms with Crippen molar-refractivity contribution in [3.63, 3.8) is 0 Å². The van der Waals surface area contributed by atoms with Gasteiger partial charge < -0.3 is 5.73 Å². The van der Waals surface area contributed by atoms with Crippen molar-refractivity contribution in [2.45, 2.75) is 11.8 Å². The monoisotopic (exact) mass is 295 g/mol. The van der Waals surface area contributed by atoms with Gasteiger partial charge in [0, 0.05) is 10.9 Å². The summed E-state index contributed by atoms with van der Waals surface area (Å²) in [5.74, 6) is -0.420. The lowest BCUT2D eigenvalue weighted by Crippen LogP contribution is -2.12. The zero-order valence-electron chi connectivity index (χ0n) is 7.14. The molecule has 2 nitrogen and oxygen atoms in total. The van der Waals surface area contributed by atoms with E-state index in [0.717, 1.165) is 10.0 Å². The van der Waals surface area contributed by atoms with Crippen LogP contribution in [0.25, 0.3) is 0 Å². The minimum absolute atomic E-state index is 0.121. The number of carbonyl (C=O) groups is 1. The van der Waals surface area contributed by atoms with Crippen LogP contribution < -0.4 is 5.73 Å². The maximum absolute atomic E-state index is 10.6. The van der Waals surface area contributed by atoms with Gasteiger partial charge >= 0.3 is 0 Å². The zero-order valence-corrected chi connectivity index (χ0v) is 10.2. The third kappa shape index (κ3) is 3.15. The lowest BCUT2D eigenvalue weighted by Gasteiger charge is -2.08. The standard InChI is InChI=1S/C9H8BrCl2NO/c10-6-3-5(1-2-7(6)11)8(12)4-9(13)14/h1-3,8H,4H2,(H2,13,14). The molecule has 76 valence electrons. The number of hydrogen-bond acceptors (Lipinski definition) is 1. The number of halogens is 3. The van der Waals surface area contributed by atoms with E-state index in [4.69, 9.17) is 28.9 Å². The number of primary amides is 1. The summed E-state index contributed by atoms with van der Waals surface area (Å²) < 4.78 is 0.756. The Hall–Kier alpha value is -0.250. The first-order chi connectivity index (χ1) is 6.50. The second kappa shape index (κ2) is 5.01. The van der Waals surface area contributed by atoms with Crippen LogP contribution in [0, 0.1) is 0 Å². The van der Waals surface area contributed by atoms with Crippen LogP contribution in [-0.2, 0) is 4.79 Å². The normalized spacial score (nSPS) is 12.5. The van der Waals surface area contributed by atoms with Crippen LogP contribution in [0.5, 0.6) is 0 Å². The van der Waals surface area contributed by atoms with Gasteiger partial charge in [-0.2, -0.15) is 0 Å². The number of benzene rings is 1. The molecule has 1 rings (SSSR count). The highest BCUT2D eigenvalue weighted by Gasteiger charge is 2.12. The van der Waals surface area contributed by atoms with Crippen molar-refractivity contribution in [1.82, 2.24) is 0 Å². The summed E-state index contributed by atoms with van der Waals surface area (Å²) in [6, 6.07) is 5.27. The molecule has 1 atom stereocenters. The summed E-state index contributed by atoms with van der Waals surface area (Å²) in [6.45, 7) is 0. The topological polar surface area (TPSA) is 43.1 Å². The molecule has 0 fully saturated rings. The fraction of sp³-hybridized carbons (Fsp3) is 0.222. The number of hydrogen-bond donors (Lipinski definition) is 1. The lowest BCUT2D eigenvalue weighted by molar-refractivity contribution is -0.118. The highest BCUT2D eigenvalue weighted by molar-refractivity contribution is 9.10. The summed E-state index contributed by atoms with van der Waals surface area (Å²) in [5.41, 5.74) is 5.86. The molecule has 14 heavy (non-hydrogen) atoms. The fourth-order valence-electron chi connectivity index (χ4n) is 1.00. The summed E-state index contributed by atoms with van der Waals surface area (Å²) in [5, 5.41) is 0.206. The van der Waals surface area contributed by atoms with E-state index in [-0.39, 0.29) is 6.42 Å². The van der Waals surface area contributed by atoms with E-state index in [9.17, 15) is 4.79 Å². The van der Waals surface area contributed by atoms with Crippen molar-refractivity contribution >= 4 is 45.0 Å². The quantitative estimate of drug-likeness (QED) is 0.855. The van der Waals surface area contributed by atoms with Crippen LogP contribution in [0.4, 0.5) is 0 Å². The maximum Gasteiger partial charge on any atom is 0.219 e. The molecule has 0 aliphatic carbocycles. The van der Waals surface area contributed by atoms with Crippen LogP contribution >= 0.6 is 39.1 Å². The van der Waals surface area contributed by atoms with Gasteiger partial charge in [0.2, 0.25) is 5.91 Å². The minimum Gasteiger partial charge on any atom is -0.370 e. The minimum atomic E-state index is -0.420.